The van der Waals surface area contributed by atoms with Crippen molar-refractivity contribution < 1.29 is 14.3 Å². The zero-order chi connectivity index (χ0) is 21.7. The molecule has 30 heavy (non-hydrogen) atoms. The third-order valence-corrected chi connectivity index (χ3v) is 6.37. The average Bonchev–Trinajstić information content (AvgIpc) is 2.75. The minimum Gasteiger partial charge on any atom is -0.452 e. The summed E-state index contributed by atoms with van der Waals surface area (Å²) in [6.07, 6.45) is 3.96. The number of nitrogens with one attached hydrogen (secondary N) is 1. The van der Waals surface area contributed by atoms with Crippen LogP contribution in [0, 0.1) is 22.7 Å². The zero-order valence-corrected chi connectivity index (χ0v) is 18.0. The molecule has 3 rings (SSSR count). The number of carbonyl (C=O) groups is 2. The number of hydrogen-bond donors (Lipinski definition) is 1. The van der Waals surface area contributed by atoms with Crippen LogP contribution in [-0.4, -0.2) is 30.0 Å². The summed E-state index contributed by atoms with van der Waals surface area (Å²) < 4.78 is 5.38. The minimum atomic E-state index is -0.491. The van der Waals surface area contributed by atoms with Gasteiger partial charge in [-0.3, -0.25) is 9.78 Å². The first kappa shape index (κ1) is 21.8. The van der Waals surface area contributed by atoms with E-state index < -0.39 is 11.9 Å². The summed E-state index contributed by atoms with van der Waals surface area (Å²) in [6, 6.07) is 9.55. The molecule has 0 saturated heterocycles. The van der Waals surface area contributed by atoms with E-state index in [9.17, 15) is 9.59 Å². The number of pyridine rings is 1. The number of aromatic nitrogens is 1. The van der Waals surface area contributed by atoms with E-state index in [4.69, 9.17) is 15.0 Å². The molecular formula is C24H29N3O3. The lowest BCUT2D eigenvalue weighted by Crippen LogP contribution is -2.32. The maximum atomic E-state index is 13.1. The SMILES string of the molecule is CCC(C)(C)C1CCc2nc3ccccc3c(C(=O)OCC(=O)NCCC#N)c2C1. The predicted molar refractivity (Wildman–Crippen MR) is 115 cm³/mol. The smallest absolute Gasteiger partial charge is 0.339 e. The van der Waals surface area contributed by atoms with Crippen LogP contribution in [0.5, 0.6) is 0 Å². The van der Waals surface area contributed by atoms with Crippen molar-refractivity contribution in [1.29, 1.82) is 5.26 Å². The Bertz CT molecular complexity index is 991. The second kappa shape index (κ2) is 9.25. The number of nitrogens with zero attached hydrogens (tertiary/aromatic N) is 2. The van der Waals surface area contributed by atoms with Crippen molar-refractivity contribution in [1.82, 2.24) is 10.3 Å². The Kier molecular flexibility index (Phi) is 6.71. The monoisotopic (exact) mass is 407 g/mol. The first-order valence-corrected chi connectivity index (χ1v) is 10.6. The van der Waals surface area contributed by atoms with E-state index in [-0.39, 0.29) is 25.0 Å². The first-order chi connectivity index (χ1) is 14.4. The molecule has 1 aliphatic carbocycles. The molecule has 1 amide bonds. The Morgan fingerprint density at radius 2 is 2.10 bits per heavy atom. The fourth-order valence-electron chi connectivity index (χ4n) is 4.09. The number of hydrogen-bond acceptors (Lipinski definition) is 5. The Morgan fingerprint density at radius 3 is 2.83 bits per heavy atom. The number of fused-ring (bicyclic) bond motifs is 2. The summed E-state index contributed by atoms with van der Waals surface area (Å²) in [7, 11) is 0. The molecule has 1 aromatic heterocycles. The summed E-state index contributed by atoms with van der Waals surface area (Å²) >= 11 is 0. The van der Waals surface area contributed by atoms with E-state index in [2.05, 4.69) is 26.1 Å². The minimum absolute atomic E-state index is 0.172. The summed E-state index contributed by atoms with van der Waals surface area (Å²) in [5.74, 6) is -0.440. The largest absolute Gasteiger partial charge is 0.452 e. The lowest BCUT2D eigenvalue weighted by Gasteiger charge is -2.37. The lowest BCUT2D eigenvalue weighted by atomic mass is 9.68. The van der Waals surface area contributed by atoms with Crippen LogP contribution in [-0.2, 0) is 22.4 Å². The molecule has 1 aliphatic rings. The van der Waals surface area contributed by atoms with E-state index in [1.54, 1.807) is 0 Å². The molecule has 0 radical (unpaired) electrons. The van der Waals surface area contributed by atoms with E-state index in [0.29, 0.717) is 11.5 Å². The number of aryl methyl sites for hydroxylation is 1. The van der Waals surface area contributed by atoms with Crippen LogP contribution in [0.3, 0.4) is 0 Å². The molecule has 2 aromatic rings. The van der Waals surface area contributed by atoms with E-state index >= 15 is 0 Å². The summed E-state index contributed by atoms with van der Waals surface area (Å²) in [4.78, 5) is 29.9. The maximum Gasteiger partial charge on any atom is 0.339 e. The molecule has 0 fully saturated rings. The van der Waals surface area contributed by atoms with Gasteiger partial charge in [-0.25, -0.2) is 4.79 Å². The van der Waals surface area contributed by atoms with Crippen molar-refractivity contribution in [2.24, 2.45) is 11.3 Å². The van der Waals surface area contributed by atoms with Gasteiger partial charge in [0.1, 0.15) is 0 Å². The van der Waals surface area contributed by atoms with Gasteiger partial charge in [-0.05, 0) is 42.2 Å². The molecule has 1 unspecified atom stereocenters. The number of para-hydroxylation sites is 1. The molecule has 6 heteroatoms. The summed E-state index contributed by atoms with van der Waals surface area (Å²) in [5.41, 5.74) is 3.40. The number of benzene rings is 1. The van der Waals surface area contributed by atoms with Crippen LogP contribution in [0.1, 0.15) is 61.6 Å². The van der Waals surface area contributed by atoms with Crippen molar-refractivity contribution in [3.8, 4) is 6.07 Å². The van der Waals surface area contributed by atoms with Crippen molar-refractivity contribution in [2.45, 2.75) is 52.9 Å². The standard InChI is InChI=1S/C24H29N3O3/c1-4-24(2,3)16-10-11-20-18(14-16)22(17-8-5-6-9-19(17)27-20)23(29)30-15-21(28)26-13-7-12-25/h5-6,8-9,16H,4,7,10-11,13-15H2,1-3H3,(H,26,28). The quantitative estimate of drug-likeness (QED) is 0.554. The number of esters is 1. The highest BCUT2D eigenvalue weighted by Gasteiger charge is 2.34. The van der Waals surface area contributed by atoms with Crippen molar-refractivity contribution in [3.63, 3.8) is 0 Å². The fourth-order valence-corrected chi connectivity index (χ4v) is 4.09. The maximum absolute atomic E-state index is 13.1. The van der Waals surface area contributed by atoms with E-state index in [1.807, 2.05) is 30.3 Å². The molecule has 0 spiro atoms. The summed E-state index contributed by atoms with van der Waals surface area (Å²) in [5, 5.41) is 11.9. The zero-order valence-electron chi connectivity index (χ0n) is 18.0. The second-order valence-corrected chi connectivity index (χ2v) is 8.55. The molecule has 1 aromatic carbocycles. The number of amides is 1. The number of rotatable bonds is 7. The van der Waals surface area contributed by atoms with Gasteiger partial charge < -0.3 is 10.1 Å². The topological polar surface area (TPSA) is 92.1 Å². The van der Waals surface area contributed by atoms with Crippen LogP contribution < -0.4 is 5.32 Å². The van der Waals surface area contributed by atoms with E-state index in [1.165, 1.54) is 0 Å². The summed E-state index contributed by atoms with van der Waals surface area (Å²) in [6.45, 7) is 6.64. The molecule has 1 atom stereocenters. The van der Waals surface area contributed by atoms with E-state index in [0.717, 1.165) is 47.8 Å². The van der Waals surface area contributed by atoms with Gasteiger partial charge in [0.05, 0.1) is 23.6 Å². The Labute approximate surface area is 177 Å². The van der Waals surface area contributed by atoms with Gasteiger partial charge in [0, 0.05) is 17.6 Å². The molecule has 6 nitrogen and oxygen atoms in total. The molecule has 0 saturated carbocycles. The van der Waals surface area contributed by atoms with Crippen LogP contribution in [0.4, 0.5) is 0 Å². The second-order valence-electron chi connectivity index (χ2n) is 8.55. The third kappa shape index (κ3) is 4.62. The van der Waals surface area contributed by atoms with Gasteiger partial charge in [0.2, 0.25) is 0 Å². The Morgan fingerprint density at radius 1 is 1.33 bits per heavy atom. The van der Waals surface area contributed by atoms with Gasteiger partial charge in [-0.15, -0.1) is 0 Å². The number of nitriles is 1. The molecule has 0 bridgehead atoms. The Balaban J connectivity index is 1.91. The van der Waals surface area contributed by atoms with Crippen LogP contribution in [0.2, 0.25) is 0 Å². The van der Waals surface area contributed by atoms with Crippen LogP contribution in [0.15, 0.2) is 24.3 Å². The van der Waals surface area contributed by atoms with Crippen LogP contribution >= 0.6 is 0 Å². The van der Waals surface area contributed by atoms with Crippen molar-refractivity contribution in [2.75, 3.05) is 13.2 Å². The van der Waals surface area contributed by atoms with Gasteiger partial charge >= 0.3 is 5.97 Å². The van der Waals surface area contributed by atoms with Crippen molar-refractivity contribution >= 4 is 22.8 Å². The van der Waals surface area contributed by atoms with Gasteiger partial charge in [0.25, 0.3) is 5.91 Å². The Hall–Kier alpha value is -2.94. The third-order valence-electron chi connectivity index (χ3n) is 6.37. The highest BCUT2D eigenvalue weighted by Crippen LogP contribution is 2.41. The fraction of sp³-hybridized carbons (Fsp3) is 0.500. The molecule has 0 aliphatic heterocycles. The molecular weight excluding hydrogens is 378 g/mol. The molecule has 1 heterocycles. The molecule has 1 N–H and O–H groups in total. The number of ether oxygens (including phenoxy) is 1. The lowest BCUT2D eigenvalue weighted by molar-refractivity contribution is -0.124. The van der Waals surface area contributed by atoms with Gasteiger partial charge in [0.15, 0.2) is 6.61 Å². The highest BCUT2D eigenvalue weighted by atomic mass is 16.5. The van der Waals surface area contributed by atoms with Crippen LogP contribution in [0.25, 0.3) is 10.9 Å². The van der Waals surface area contributed by atoms with Gasteiger partial charge in [-0.2, -0.15) is 5.26 Å². The first-order valence-electron chi connectivity index (χ1n) is 10.6. The van der Waals surface area contributed by atoms with Gasteiger partial charge in [-0.1, -0.05) is 45.4 Å². The average molecular weight is 408 g/mol. The number of carbonyl (C=O) groups excluding carboxylic acids is 2. The highest BCUT2D eigenvalue weighted by molar-refractivity contribution is 6.05. The molecule has 158 valence electrons. The normalized spacial score (nSPS) is 15.9. The predicted octanol–water partition coefficient (Wildman–Crippen LogP) is 3.96. The van der Waals surface area contributed by atoms with Crippen molar-refractivity contribution in [3.05, 3.63) is 41.1 Å².